The number of rotatable bonds is 5. The van der Waals surface area contributed by atoms with Gasteiger partial charge in [-0.05, 0) is 57.6 Å². The average molecular weight is 414 g/mol. The molecule has 4 aliphatic heterocycles. The maximum Gasteiger partial charge on any atom is 0.122 e. The van der Waals surface area contributed by atoms with Gasteiger partial charge in [0.05, 0.1) is 6.61 Å². The molecule has 4 nitrogen and oxygen atoms in total. The highest BCUT2D eigenvalue weighted by Crippen LogP contribution is 2.33. The molecule has 0 aliphatic carbocycles. The summed E-state index contributed by atoms with van der Waals surface area (Å²) in [6.45, 7) is 5.40. The third kappa shape index (κ3) is 3.28. The van der Waals surface area contributed by atoms with Crippen LogP contribution in [-0.4, -0.2) is 53.1 Å². The van der Waals surface area contributed by atoms with Crippen molar-refractivity contribution in [2.24, 2.45) is 0 Å². The van der Waals surface area contributed by atoms with Crippen LogP contribution in [0.5, 0.6) is 5.75 Å². The predicted molar refractivity (Wildman–Crippen MR) is 105 cm³/mol. The summed E-state index contributed by atoms with van der Waals surface area (Å²) in [4.78, 5) is 9.60. The molecule has 0 saturated carbocycles. The number of hydrogen-bond acceptors (Lipinski definition) is 4. The summed E-state index contributed by atoms with van der Waals surface area (Å²) in [7, 11) is 0. The van der Waals surface area contributed by atoms with E-state index < -0.39 is 0 Å². The van der Waals surface area contributed by atoms with Gasteiger partial charge in [0.2, 0.25) is 0 Å². The summed E-state index contributed by atoms with van der Waals surface area (Å²) in [5.74, 6) is 1.09. The molecule has 1 aromatic heterocycles. The lowest BCUT2D eigenvalue weighted by Crippen LogP contribution is -2.68. The number of pyridine rings is 1. The zero-order valence-electron chi connectivity index (χ0n) is 14.9. The van der Waals surface area contributed by atoms with E-state index in [1.807, 2.05) is 12.4 Å². The maximum absolute atomic E-state index is 5.62. The van der Waals surface area contributed by atoms with E-state index >= 15 is 0 Å². The molecule has 2 atom stereocenters. The van der Waals surface area contributed by atoms with E-state index in [1.54, 1.807) is 0 Å². The van der Waals surface area contributed by atoms with Crippen molar-refractivity contribution in [2.45, 2.75) is 37.9 Å². The minimum absolute atomic E-state index is 0.728. The molecule has 2 aromatic rings. The zero-order chi connectivity index (χ0) is 17.5. The Bertz CT molecular complexity index is 800. The Balaban J connectivity index is 1.15. The van der Waals surface area contributed by atoms with Gasteiger partial charge in [0.25, 0.3) is 0 Å². The molecular formula is C21H24BrN3O. The number of ether oxygens (including phenoxy) is 1. The van der Waals surface area contributed by atoms with Crippen LogP contribution < -0.4 is 4.74 Å². The molecule has 136 valence electrons. The molecule has 6 rings (SSSR count). The van der Waals surface area contributed by atoms with Gasteiger partial charge in [-0.25, -0.2) is 0 Å². The molecule has 5 heteroatoms. The zero-order valence-corrected chi connectivity index (χ0v) is 16.5. The quantitative estimate of drug-likeness (QED) is 0.751. The minimum atomic E-state index is 0.728. The second-order valence-electron chi connectivity index (χ2n) is 7.78. The van der Waals surface area contributed by atoms with Crippen LogP contribution in [0.3, 0.4) is 0 Å². The number of fused-ring (bicyclic) bond motifs is 3. The number of nitrogens with zero attached hydrogens (tertiary/aromatic N) is 3. The molecule has 0 amide bonds. The normalized spacial score (nSPS) is 24.8. The molecular weight excluding hydrogens is 390 g/mol. The summed E-state index contributed by atoms with van der Waals surface area (Å²) < 4.78 is 6.68. The molecule has 0 radical (unpaired) electrons. The van der Waals surface area contributed by atoms with Gasteiger partial charge >= 0.3 is 0 Å². The van der Waals surface area contributed by atoms with Gasteiger partial charge in [0, 0.05) is 61.5 Å². The fraction of sp³-hybridized carbons (Fsp3) is 0.476. The third-order valence-electron chi connectivity index (χ3n) is 6.00. The number of hydrogen-bond donors (Lipinski definition) is 0. The van der Waals surface area contributed by atoms with E-state index in [0.717, 1.165) is 48.3 Å². The topological polar surface area (TPSA) is 28.6 Å². The molecule has 2 bridgehead atoms. The standard InChI is InChI=1S/C21H24BrN3O/c22-18-8-16(10-23-11-18)12-24-13-19-9-20(14-24)25(19)5-3-15-1-2-21-17(7-15)4-6-26-21/h1-2,7-8,10-11,19-20H,3-6,9,12-14H2. The molecule has 26 heavy (non-hydrogen) atoms. The van der Waals surface area contributed by atoms with Gasteiger partial charge in [-0.15, -0.1) is 0 Å². The third-order valence-corrected chi connectivity index (χ3v) is 6.43. The number of aromatic nitrogens is 1. The molecule has 1 aromatic carbocycles. The van der Waals surface area contributed by atoms with E-state index in [4.69, 9.17) is 4.74 Å². The first-order chi connectivity index (χ1) is 12.7. The molecule has 0 N–H and O–H groups in total. The summed E-state index contributed by atoms with van der Waals surface area (Å²) in [6.07, 6.45) is 7.42. The van der Waals surface area contributed by atoms with Gasteiger partial charge in [0.1, 0.15) is 5.75 Å². The minimum Gasteiger partial charge on any atom is -0.493 e. The lowest BCUT2D eigenvalue weighted by Gasteiger charge is -2.56. The van der Waals surface area contributed by atoms with E-state index in [1.165, 1.54) is 42.7 Å². The largest absolute Gasteiger partial charge is 0.493 e. The fourth-order valence-corrected chi connectivity index (χ4v) is 5.14. The van der Waals surface area contributed by atoms with Crippen LogP contribution in [0.4, 0.5) is 0 Å². The van der Waals surface area contributed by atoms with Crippen LogP contribution in [0.1, 0.15) is 23.1 Å². The van der Waals surface area contributed by atoms with Gasteiger partial charge in [0.15, 0.2) is 0 Å². The highest BCUT2D eigenvalue weighted by atomic mass is 79.9. The average Bonchev–Trinajstić information content (AvgIpc) is 3.09. The van der Waals surface area contributed by atoms with Gasteiger partial charge in [-0.3, -0.25) is 14.8 Å². The fourth-order valence-electron chi connectivity index (χ4n) is 4.72. The Kier molecular flexibility index (Phi) is 4.47. The van der Waals surface area contributed by atoms with Crippen molar-refractivity contribution >= 4 is 15.9 Å². The van der Waals surface area contributed by atoms with Crippen LogP contribution in [0.25, 0.3) is 0 Å². The van der Waals surface area contributed by atoms with Crippen molar-refractivity contribution in [2.75, 3.05) is 26.2 Å². The van der Waals surface area contributed by atoms with Crippen LogP contribution in [0.15, 0.2) is 41.1 Å². The Morgan fingerprint density at radius 2 is 2.00 bits per heavy atom. The molecule has 0 spiro atoms. The summed E-state index contributed by atoms with van der Waals surface area (Å²) >= 11 is 3.52. The van der Waals surface area contributed by atoms with Crippen molar-refractivity contribution in [3.8, 4) is 5.75 Å². The first-order valence-electron chi connectivity index (χ1n) is 9.57. The SMILES string of the molecule is Brc1cncc(CN2CC3CC(C2)N3CCc2ccc3c(c2)CCO3)c1. The van der Waals surface area contributed by atoms with E-state index in [-0.39, 0.29) is 0 Å². The predicted octanol–water partition coefficient (Wildman–Crippen LogP) is 3.28. The second-order valence-corrected chi connectivity index (χ2v) is 8.69. The summed E-state index contributed by atoms with van der Waals surface area (Å²) in [6, 6.07) is 10.4. The van der Waals surface area contributed by atoms with Crippen molar-refractivity contribution in [1.82, 2.24) is 14.8 Å². The Morgan fingerprint density at radius 3 is 2.85 bits per heavy atom. The van der Waals surface area contributed by atoms with E-state index in [2.05, 4.69) is 55.0 Å². The number of benzene rings is 1. The smallest absolute Gasteiger partial charge is 0.122 e. The van der Waals surface area contributed by atoms with Crippen LogP contribution in [0, 0.1) is 0 Å². The van der Waals surface area contributed by atoms with Crippen LogP contribution in [-0.2, 0) is 19.4 Å². The molecule has 5 heterocycles. The lowest BCUT2D eigenvalue weighted by molar-refractivity contribution is -0.0706. The molecule has 4 aliphatic rings. The highest BCUT2D eigenvalue weighted by molar-refractivity contribution is 9.10. The van der Waals surface area contributed by atoms with Gasteiger partial charge in [-0.1, -0.05) is 12.1 Å². The Hall–Kier alpha value is -1.43. The molecule has 3 saturated heterocycles. The summed E-state index contributed by atoms with van der Waals surface area (Å²) in [5, 5.41) is 0. The van der Waals surface area contributed by atoms with E-state index in [9.17, 15) is 0 Å². The van der Waals surface area contributed by atoms with Crippen molar-refractivity contribution < 1.29 is 4.74 Å². The maximum atomic E-state index is 5.62. The van der Waals surface area contributed by atoms with Crippen LogP contribution >= 0.6 is 15.9 Å². The van der Waals surface area contributed by atoms with Crippen LogP contribution in [0.2, 0.25) is 0 Å². The second kappa shape index (κ2) is 6.95. The summed E-state index contributed by atoms with van der Waals surface area (Å²) in [5.41, 5.74) is 4.14. The van der Waals surface area contributed by atoms with Gasteiger partial charge < -0.3 is 4.74 Å². The highest BCUT2D eigenvalue weighted by Gasteiger charge is 2.43. The number of piperazine rings is 1. The van der Waals surface area contributed by atoms with Crippen molar-refractivity contribution in [1.29, 1.82) is 0 Å². The monoisotopic (exact) mass is 413 g/mol. The van der Waals surface area contributed by atoms with Gasteiger partial charge in [-0.2, -0.15) is 0 Å². The Labute approximate surface area is 163 Å². The molecule has 2 unspecified atom stereocenters. The Morgan fingerprint density at radius 1 is 1.12 bits per heavy atom. The first-order valence-corrected chi connectivity index (χ1v) is 10.4. The number of halogens is 1. The first kappa shape index (κ1) is 16.7. The number of piperidine rings is 1. The molecule has 3 fully saturated rings. The van der Waals surface area contributed by atoms with Crippen molar-refractivity contribution in [3.63, 3.8) is 0 Å². The lowest BCUT2D eigenvalue weighted by atomic mass is 9.86. The van der Waals surface area contributed by atoms with E-state index in [0.29, 0.717) is 0 Å². The van der Waals surface area contributed by atoms with Crippen molar-refractivity contribution in [3.05, 3.63) is 57.8 Å².